The zero-order chi connectivity index (χ0) is 12.9. The van der Waals surface area contributed by atoms with Crippen molar-refractivity contribution in [2.45, 2.75) is 26.3 Å². The van der Waals surface area contributed by atoms with Crippen LogP contribution < -0.4 is 11.1 Å². The lowest BCUT2D eigenvalue weighted by Crippen LogP contribution is -2.39. The number of ether oxygens (including phenoxy) is 1. The van der Waals surface area contributed by atoms with Crippen LogP contribution in [-0.2, 0) is 4.74 Å². The Bertz CT molecular complexity index is 368. The Hall–Kier alpha value is -1.62. The minimum Gasteiger partial charge on any atom is -0.462 e. The topological polar surface area (TPSA) is 77.2 Å². The van der Waals surface area contributed by atoms with E-state index in [1.807, 2.05) is 13.8 Å². The molecule has 0 radical (unpaired) electrons. The van der Waals surface area contributed by atoms with E-state index in [2.05, 4.69) is 10.3 Å². The van der Waals surface area contributed by atoms with Crippen LogP contribution in [0.15, 0.2) is 18.3 Å². The maximum Gasteiger partial charge on any atom is 0.339 e. The molecule has 1 aromatic rings. The highest BCUT2D eigenvalue weighted by molar-refractivity contribution is 5.89. The van der Waals surface area contributed by atoms with Crippen LogP contribution in [0, 0.1) is 0 Å². The summed E-state index contributed by atoms with van der Waals surface area (Å²) in [6.07, 6.45) is 1.49. The number of esters is 1. The predicted octanol–water partition coefficient (Wildman–Crippen LogP) is 1.41. The summed E-state index contributed by atoms with van der Waals surface area (Å²) in [4.78, 5) is 15.5. The third-order valence-corrected chi connectivity index (χ3v) is 2.00. The summed E-state index contributed by atoms with van der Waals surface area (Å²) in [7, 11) is 0. The van der Waals surface area contributed by atoms with Crippen LogP contribution in [0.2, 0.25) is 0 Å². The van der Waals surface area contributed by atoms with E-state index in [0.29, 0.717) is 24.5 Å². The smallest absolute Gasteiger partial charge is 0.339 e. The molecule has 0 unspecified atom stereocenters. The van der Waals surface area contributed by atoms with Gasteiger partial charge in [0.05, 0.1) is 12.2 Å². The van der Waals surface area contributed by atoms with E-state index in [0.717, 1.165) is 0 Å². The molecule has 1 heterocycles. The highest BCUT2D eigenvalue weighted by atomic mass is 16.5. The maximum absolute atomic E-state index is 11.4. The molecule has 0 fully saturated rings. The highest BCUT2D eigenvalue weighted by Gasteiger charge is 2.11. The number of carbonyl (C=O) groups is 1. The molecule has 1 rings (SSSR count). The minimum absolute atomic E-state index is 0.304. The van der Waals surface area contributed by atoms with Gasteiger partial charge in [0, 0.05) is 18.3 Å². The van der Waals surface area contributed by atoms with E-state index in [1.165, 1.54) is 6.20 Å². The molecule has 0 saturated carbocycles. The lowest BCUT2D eigenvalue weighted by atomic mass is 10.1. The third kappa shape index (κ3) is 4.82. The van der Waals surface area contributed by atoms with Crippen LogP contribution in [0.5, 0.6) is 0 Å². The lowest BCUT2D eigenvalue weighted by molar-refractivity contribution is 0.0526. The van der Waals surface area contributed by atoms with Crippen molar-refractivity contribution in [3.8, 4) is 0 Å². The van der Waals surface area contributed by atoms with E-state index >= 15 is 0 Å². The van der Waals surface area contributed by atoms with E-state index in [4.69, 9.17) is 10.5 Å². The number of nitrogens with two attached hydrogens (primary N) is 1. The molecule has 0 bridgehead atoms. The summed E-state index contributed by atoms with van der Waals surface area (Å²) in [5.74, 6) is 0.335. The van der Waals surface area contributed by atoms with Gasteiger partial charge in [0.15, 0.2) is 0 Å². The fourth-order valence-corrected chi connectivity index (χ4v) is 1.15. The number of anilines is 1. The molecular formula is C12H19N3O2. The quantitative estimate of drug-likeness (QED) is 0.757. The molecule has 0 aliphatic rings. The van der Waals surface area contributed by atoms with E-state index in [-0.39, 0.29) is 11.5 Å². The van der Waals surface area contributed by atoms with E-state index < -0.39 is 0 Å². The molecule has 0 aliphatic carbocycles. The summed E-state index contributed by atoms with van der Waals surface area (Å²) >= 11 is 0. The maximum atomic E-state index is 11.4. The number of carbonyl (C=O) groups excluding carboxylic acids is 1. The van der Waals surface area contributed by atoms with Gasteiger partial charge in [-0.25, -0.2) is 9.78 Å². The SMILES string of the molecule is CCOC(=O)c1ccc(NCC(C)(C)N)nc1. The zero-order valence-corrected chi connectivity index (χ0v) is 10.5. The Morgan fingerprint density at radius 3 is 2.71 bits per heavy atom. The zero-order valence-electron chi connectivity index (χ0n) is 10.5. The summed E-state index contributed by atoms with van der Waals surface area (Å²) < 4.78 is 4.86. The standard InChI is InChI=1S/C12H19N3O2/c1-4-17-11(16)9-5-6-10(14-7-9)15-8-12(2,3)13/h5-7H,4,8,13H2,1-3H3,(H,14,15). The number of aromatic nitrogens is 1. The first-order valence-electron chi connectivity index (χ1n) is 5.58. The second-order valence-corrected chi connectivity index (χ2v) is 4.49. The fraction of sp³-hybridized carbons (Fsp3) is 0.500. The number of hydrogen-bond acceptors (Lipinski definition) is 5. The van der Waals surface area contributed by atoms with Crippen LogP contribution in [0.4, 0.5) is 5.82 Å². The van der Waals surface area contributed by atoms with Gasteiger partial charge in [-0.3, -0.25) is 0 Å². The van der Waals surface area contributed by atoms with Gasteiger partial charge in [0.1, 0.15) is 5.82 Å². The van der Waals surface area contributed by atoms with Crippen LogP contribution in [0.1, 0.15) is 31.1 Å². The largest absolute Gasteiger partial charge is 0.462 e. The lowest BCUT2D eigenvalue weighted by Gasteiger charge is -2.19. The molecule has 0 aromatic carbocycles. The van der Waals surface area contributed by atoms with Gasteiger partial charge in [0.2, 0.25) is 0 Å². The van der Waals surface area contributed by atoms with Crippen molar-refractivity contribution in [2.75, 3.05) is 18.5 Å². The first kappa shape index (κ1) is 13.4. The van der Waals surface area contributed by atoms with Crippen molar-refractivity contribution in [3.63, 3.8) is 0 Å². The van der Waals surface area contributed by atoms with Crippen LogP contribution in [-0.4, -0.2) is 29.6 Å². The van der Waals surface area contributed by atoms with Gasteiger partial charge in [-0.2, -0.15) is 0 Å². The Balaban J connectivity index is 2.59. The molecular weight excluding hydrogens is 218 g/mol. The van der Waals surface area contributed by atoms with Crippen LogP contribution in [0.3, 0.4) is 0 Å². The number of hydrogen-bond donors (Lipinski definition) is 2. The van der Waals surface area contributed by atoms with Gasteiger partial charge in [-0.15, -0.1) is 0 Å². The van der Waals surface area contributed by atoms with Gasteiger partial charge in [0.25, 0.3) is 0 Å². The molecule has 5 heteroatoms. The van der Waals surface area contributed by atoms with Crippen molar-refractivity contribution in [2.24, 2.45) is 5.73 Å². The Kier molecular flexibility index (Phi) is 4.45. The fourth-order valence-electron chi connectivity index (χ4n) is 1.15. The van der Waals surface area contributed by atoms with E-state index in [1.54, 1.807) is 19.1 Å². The molecule has 0 spiro atoms. The van der Waals surface area contributed by atoms with Crippen molar-refractivity contribution < 1.29 is 9.53 Å². The molecule has 17 heavy (non-hydrogen) atoms. The molecule has 1 aromatic heterocycles. The monoisotopic (exact) mass is 237 g/mol. The number of pyridine rings is 1. The first-order valence-corrected chi connectivity index (χ1v) is 5.58. The molecule has 0 atom stereocenters. The van der Waals surface area contributed by atoms with Crippen LogP contribution in [0.25, 0.3) is 0 Å². The van der Waals surface area contributed by atoms with Gasteiger partial charge in [-0.05, 0) is 32.9 Å². The number of nitrogens with one attached hydrogen (secondary N) is 1. The predicted molar refractivity (Wildman–Crippen MR) is 66.9 cm³/mol. The Morgan fingerprint density at radius 2 is 2.24 bits per heavy atom. The normalized spacial score (nSPS) is 11.1. The number of nitrogens with zero attached hydrogens (tertiary/aromatic N) is 1. The van der Waals surface area contributed by atoms with Crippen molar-refractivity contribution >= 4 is 11.8 Å². The average molecular weight is 237 g/mol. The Morgan fingerprint density at radius 1 is 1.53 bits per heavy atom. The summed E-state index contributed by atoms with van der Waals surface area (Å²) in [5, 5.41) is 3.09. The minimum atomic E-state index is -0.356. The van der Waals surface area contributed by atoms with Gasteiger partial charge < -0.3 is 15.8 Å². The molecule has 0 aliphatic heterocycles. The molecule has 5 nitrogen and oxygen atoms in total. The van der Waals surface area contributed by atoms with Crippen LogP contribution >= 0.6 is 0 Å². The summed E-state index contributed by atoms with van der Waals surface area (Å²) in [5.41, 5.74) is 5.98. The molecule has 0 amide bonds. The van der Waals surface area contributed by atoms with Crippen molar-refractivity contribution in [1.82, 2.24) is 4.98 Å². The number of rotatable bonds is 5. The summed E-state index contributed by atoms with van der Waals surface area (Å²) in [6, 6.07) is 3.41. The first-order chi connectivity index (χ1) is 7.92. The second kappa shape index (κ2) is 5.63. The Labute approximate surface area is 101 Å². The van der Waals surface area contributed by atoms with Crippen molar-refractivity contribution in [3.05, 3.63) is 23.9 Å². The third-order valence-electron chi connectivity index (χ3n) is 2.00. The summed E-state index contributed by atoms with van der Waals surface area (Å²) in [6.45, 7) is 6.59. The molecule has 3 N–H and O–H groups in total. The van der Waals surface area contributed by atoms with Gasteiger partial charge >= 0.3 is 5.97 Å². The molecule has 94 valence electrons. The van der Waals surface area contributed by atoms with Gasteiger partial charge in [-0.1, -0.05) is 0 Å². The van der Waals surface area contributed by atoms with E-state index in [9.17, 15) is 4.79 Å². The highest BCUT2D eigenvalue weighted by Crippen LogP contribution is 2.07. The van der Waals surface area contributed by atoms with Crippen molar-refractivity contribution in [1.29, 1.82) is 0 Å². The molecule has 0 saturated heterocycles. The second-order valence-electron chi connectivity index (χ2n) is 4.49. The average Bonchev–Trinajstić information content (AvgIpc) is 2.26.